The van der Waals surface area contributed by atoms with E-state index in [9.17, 15) is 9.59 Å². The molecule has 0 spiro atoms. The molecule has 28 heavy (non-hydrogen) atoms. The van der Waals surface area contributed by atoms with E-state index in [0.29, 0.717) is 27.6 Å². The van der Waals surface area contributed by atoms with E-state index in [1.54, 1.807) is 61.7 Å². The number of Topliss-reactive ketones (excluding diaryl/α,β-unsaturated/α-hetero) is 1. The number of carbonyl (C=O) groups excluding carboxylic acids is 2. The standard InChI is InChI=1S/C22H18ClNO3S/c1-27-17-11-9-15(10-12-17)22(26)24-16-5-4-6-18(13-16)28-14-21(25)19-7-2-3-8-20(19)23/h2-13H,14H2,1H3,(H,24,26). The summed E-state index contributed by atoms with van der Waals surface area (Å²) in [6.45, 7) is 0. The molecule has 0 aliphatic heterocycles. The van der Waals surface area contributed by atoms with Crippen molar-refractivity contribution in [2.75, 3.05) is 18.2 Å². The quantitative estimate of drug-likeness (QED) is 0.407. The Bertz CT molecular complexity index is 989. The molecule has 142 valence electrons. The number of hydrogen-bond donors (Lipinski definition) is 1. The molecule has 3 rings (SSSR count). The van der Waals surface area contributed by atoms with Gasteiger partial charge in [0.25, 0.3) is 5.91 Å². The number of nitrogens with one attached hydrogen (secondary N) is 1. The van der Waals surface area contributed by atoms with Crippen molar-refractivity contribution < 1.29 is 14.3 Å². The van der Waals surface area contributed by atoms with Gasteiger partial charge in [0, 0.05) is 21.7 Å². The Morgan fingerprint density at radius 2 is 1.75 bits per heavy atom. The second kappa shape index (κ2) is 9.44. The summed E-state index contributed by atoms with van der Waals surface area (Å²) in [5, 5.41) is 3.32. The number of thioether (sulfide) groups is 1. The fraction of sp³-hybridized carbons (Fsp3) is 0.0909. The van der Waals surface area contributed by atoms with Gasteiger partial charge in [-0.15, -0.1) is 11.8 Å². The number of anilines is 1. The Kier molecular flexibility index (Phi) is 6.74. The van der Waals surface area contributed by atoms with Crippen molar-refractivity contribution in [3.05, 3.63) is 88.9 Å². The van der Waals surface area contributed by atoms with Gasteiger partial charge in [-0.3, -0.25) is 9.59 Å². The number of benzene rings is 3. The summed E-state index contributed by atoms with van der Waals surface area (Å²) < 4.78 is 5.10. The molecule has 6 heteroatoms. The summed E-state index contributed by atoms with van der Waals surface area (Å²) in [7, 11) is 1.58. The molecule has 1 amide bonds. The van der Waals surface area contributed by atoms with Crippen LogP contribution in [0.2, 0.25) is 5.02 Å². The fourth-order valence-electron chi connectivity index (χ4n) is 2.52. The first-order valence-electron chi connectivity index (χ1n) is 8.53. The Balaban J connectivity index is 1.62. The Morgan fingerprint density at radius 3 is 2.46 bits per heavy atom. The predicted octanol–water partition coefficient (Wildman–Crippen LogP) is 5.58. The third kappa shape index (κ3) is 5.15. The molecule has 0 atom stereocenters. The Morgan fingerprint density at radius 1 is 1.00 bits per heavy atom. The van der Waals surface area contributed by atoms with E-state index in [0.717, 1.165) is 4.90 Å². The molecular formula is C22H18ClNO3S. The molecule has 0 aliphatic carbocycles. The summed E-state index contributed by atoms with van der Waals surface area (Å²) in [5.41, 5.74) is 1.71. The van der Waals surface area contributed by atoms with Gasteiger partial charge in [-0.2, -0.15) is 0 Å². The summed E-state index contributed by atoms with van der Waals surface area (Å²) in [5.74, 6) is 0.706. The molecule has 0 saturated heterocycles. The maximum Gasteiger partial charge on any atom is 0.255 e. The van der Waals surface area contributed by atoms with E-state index in [2.05, 4.69) is 5.32 Å². The van der Waals surface area contributed by atoms with Gasteiger partial charge in [0.1, 0.15) is 5.75 Å². The first-order valence-corrected chi connectivity index (χ1v) is 9.89. The van der Waals surface area contributed by atoms with Crippen LogP contribution in [0.15, 0.2) is 77.7 Å². The topological polar surface area (TPSA) is 55.4 Å². The van der Waals surface area contributed by atoms with Crippen molar-refractivity contribution in [1.82, 2.24) is 0 Å². The first-order chi connectivity index (χ1) is 13.6. The molecule has 1 N–H and O–H groups in total. The van der Waals surface area contributed by atoms with Crippen LogP contribution >= 0.6 is 23.4 Å². The minimum Gasteiger partial charge on any atom is -0.497 e. The molecule has 0 unspecified atom stereocenters. The monoisotopic (exact) mass is 411 g/mol. The van der Waals surface area contributed by atoms with Crippen molar-refractivity contribution in [3.63, 3.8) is 0 Å². The van der Waals surface area contributed by atoms with E-state index in [-0.39, 0.29) is 17.4 Å². The van der Waals surface area contributed by atoms with E-state index in [4.69, 9.17) is 16.3 Å². The number of carbonyl (C=O) groups is 2. The lowest BCUT2D eigenvalue weighted by Crippen LogP contribution is -2.11. The van der Waals surface area contributed by atoms with E-state index < -0.39 is 0 Å². The molecular weight excluding hydrogens is 394 g/mol. The van der Waals surface area contributed by atoms with E-state index in [1.165, 1.54) is 11.8 Å². The van der Waals surface area contributed by atoms with Gasteiger partial charge in [0.2, 0.25) is 0 Å². The number of ether oxygens (including phenoxy) is 1. The smallest absolute Gasteiger partial charge is 0.255 e. The third-order valence-corrected chi connectivity index (χ3v) is 5.31. The van der Waals surface area contributed by atoms with Crippen LogP contribution in [0.1, 0.15) is 20.7 Å². The molecule has 3 aromatic carbocycles. The molecule has 0 fully saturated rings. The lowest BCUT2D eigenvalue weighted by Gasteiger charge is -2.08. The number of halogens is 1. The van der Waals surface area contributed by atoms with Crippen molar-refractivity contribution in [2.24, 2.45) is 0 Å². The highest BCUT2D eigenvalue weighted by atomic mass is 35.5. The maximum atomic E-state index is 12.4. The van der Waals surface area contributed by atoms with E-state index in [1.807, 2.05) is 18.2 Å². The molecule has 0 heterocycles. The third-order valence-electron chi connectivity index (χ3n) is 3.99. The maximum absolute atomic E-state index is 12.4. The molecule has 0 aliphatic rings. The second-order valence-electron chi connectivity index (χ2n) is 5.90. The van der Waals surface area contributed by atoms with Crippen LogP contribution in [-0.4, -0.2) is 24.6 Å². The van der Waals surface area contributed by atoms with Gasteiger partial charge in [0.05, 0.1) is 17.9 Å². The summed E-state index contributed by atoms with van der Waals surface area (Å²) in [6.07, 6.45) is 0. The minimum absolute atomic E-state index is 0.0386. The average Bonchev–Trinajstić information content (AvgIpc) is 2.72. The fourth-order valence-corrected chi connectivity index (χ4v) is 3.60. The zero-order chi connectivity index (χ0) is 19.9. The normalized spacial score (nSPS) is 10.4. The number of hydrogen-bond acceptors (Lipinski definition) is 4. The molecule has 3 aromatic rings. The SMILES string of the molecule is COc1ccc(C(=O)Nc2cccc(SCC(=O)c3ccccc3Cl)c2)cc1. The number of rotatable bonds is 7. The lowest BCUT2D eigenvalue weighted by molar-refractivity contribution is 0.101. The molecule has 4 nitrogen and oxygen atoms in total. The van der Waals surface area contributed by atoms with Crippen LogP contribution in [0.4, 0.5) is 5.69 Å². The Labute approximate surface area is 172 Å². The van der Waals surface area contributed by atoms with Crippen LogP contribution in [-0.2, 0) is 0 Å². The van der Waals surface area contributed by atoms with Crippen molar-refractivity contribution >= 4 is 40.7 Å². The van der Waals surface area contributed by atoms with Gasteiger partial charge in [-0.1, -0.05) is 29.8 Å². The van der Waals surface area contributed by atoms with Crippen LogP contribution in [0.3, 0.4) is 0 Å². The number of amides is 1. The zero-order valence-electron chi connectivity index (χ0n) is 15.1. The summed E-state index contributed by atoms with van der Waals surface area (Å²) in [4.78, 5) is 25.6. The van der Waals surface area contributed by atoms with Crippen LogP contribution in [0.5, 0.6) is 5.75 Å². The minimum atomic E-state index is -0.211. The molecule has 0 bridgehead atoms. The zero-order valence-corrected chi connectivity index (χ0v) is 16.7. The lowest BCUT2D eigenvalue weighted by atomic mass is 10.1. The number of ketones is 1. The molecule has 0 saturated carbocycles. The average molecular weight is 412 g/mol. The highest BCUT2D eigenvalue weighted by Crippen LogP contribution is 2.25. The van der Waals surface area contributed by atoms with Gasteiger partial charge in [0.15, 0.2) is 5.78 Å². The summed E-state index contributed by atoms with van der Waals surface area (Å²) in [6, 6.07) is 21.3. The highest BCUT2D eigenvalue weighted by Gasteiger charge is 2.11. The van der Waals surface area contributed by atoms with Crippen molar-refractivity contribution in [3.8, 4) is 5.75 Å². The van der Waals surface area contributed by atoms with Crippen LogP contribution < -0.4 is 10.1 Å². The second-order valence-corrected chi connectivity index (χ2v) is 7.36. The molecule has 0 radical (unpaired) electrons. The van der Waals surface area contributed by atoms with Gasteiger partial charge in [-0.05, 0) is 54.6 Å². The van der Waals surface area contributed by atoms with Gasteiger partial charge in [-0.25, -0.2) is 0 Å². The Hall–Kier alpha value is -2.76. The van der Waals surface area contributed by atoms with Crippen molar-refractivity contribution in [1.29, 1.82) is 0 Å². The predicted molar refractivity (Wildman–Crippen MR) is 114 cm³/mol. The van der Waals surface area contributed by atoms with Crippen LogP contribution in [0.25, 0.3) is 0 Å². The van der Waals surface area contributed by atoms with E-state index >= 15 is 0 Å². The largest absolute Gasteiger partial charge is 0.497 e. The number of methoxy groups -OCH3 is 1. The first kappa shape index (κ1) is 20.0. The summed E-state index contributed by atoms with van der Waals surface area (Å²) >= 11 is 7.47. The van der Waals surface area contributed by atoms with Gasteiger partial charge >= 0.3 is 0 Å². The van der Waals surface area contributed by atoms with Crippen molar-refractivity contribution in [2.45, 2.75) is 4.90 Å². The van der Waals surface area contributed by atoms with Gasteiger partial charge < -0.3 is 10.1 Å². The molecule has 0 aromatic heterocycles. The van der Waals surface area contributed by atoms with Crippen LogP contribution in [0, 0.1) is 0 Å². The highest BCUT2D eigenvalue weighted by molar-refractivity contribution is 8.00.